The second-order valence-corrected chi connectivity index (χ2v) is 9.35. The largest absolute Gasteiger partial charge is 0.357 e. The van der Waals surface area contributed by atoms with Crippen LogP contribution in [0.4, 0.5) is 4.39 Å². The quantitative estimate of drug-likeness (QED) is 0.321. The van der Waals surface area contributed by atoms with E-state index >= 15 is 0 Å². The molecule has 0 saturated carbocycles. The molecule has 1 heterocycles. The third-order valence-electron chi connectivity index (χ3n) is 4.00. The fourth-order valence-corrected chi connectivity index (χ4v) is 5.06. The van der Waals surface area contributed by atoms with Crippen molar-refractivity contribution in [2.75, 3.05) is 43.4 Å². The number of halogens is 2. The molecule has 1 aromatic rings. The molecule has 0 aliphatic carbocycles. The SMILES string of the molecule is CCNC(=NCc1ccc(F)c(C)c1)NCCS(=O)(=O)N1CCSCC1.I. The van der Waals surface area contributed by atoms with Crippen molar-refractivity contribution in [3.63, 3.8) is 0 Å². The lowest BCUT2D eigenvalue weighted by Crippen LogP contribution is -2.44. The highest BCUT2D eigenvalue weighted by Gasteiger charge is 2.23. The number of hydrogen-bond acceptors (Lipinski definition) is 4. The highest BCUT2D eigenvalue weighted by Crippen LogP contribution is 2.13. The zero-order valence-corrected chi connectivity index (χ0v) is 19.7. The Morgan fingerprint density at radius 2 is 2.00 bits per heavy atom. The molecule has 10 heteroatoms. The molecule has 6 nitrogen and oxygen atoms in total. The summed E-state index contributed by atoms with van der Waals surface area (Å²) in [5.74, 6) is 2.07. The molecule has 1 fully saturated rings. The van der Waals surface area contributed by atoms with Crippen molar-refractivity contribution in [3.8, 4) is 0 Å². The highest BCUT2D eigenvalue weighted by atomic mass is 127. The van der Waals surface area contributed by atoms with Gasteiger partial charge in [0.25, 0.3) is 0 Å². The van der Waals surface area contributed by atoms with Crippen molar-refractivity contribution in [1.82, 2.24) is 14.9 Å². The lowest BCUT2D eigenvalue weighted by Gasteiger charge is -2.25. The first kappa shape index (κ1) is 24.4. The second kappa shape index (κ2) is 12.1. The predicted molar refractivity (Wildman–Crippen MR) is 122 cm³/mol. The molecule has 0 aromatic heterocycles. The smallest absolute Gasteiger partial charge is 0.215 e. The summed E-state index contributed by atoms with van der Waals surface area (Å²) < 4.78 is 39.6. The molecule has 0 unspecified atom stereocenters. The maximum atomic E-state index is 13.3. The topological polar surface area (TPSA) is 73.8 Å². The van der Waals surface area contributed by atoms with Gasteiger partial charge in [-0.2, -0.15) is 11.8 Å². The first-order valence-corrected chi connectivity index (χ1v) is 11.5. The van der Waals surface area contributed by atoms with Crippen LogP contribution >= 0.6 is 35.7 Å². The molecule has 1 aliphatic rings. The van der Waals surface area contributed by atoms with E-state index in [1.165, 1.54) is 6.07 Å². The third-order valence-corrected chi connectivity index (χ3v) is 6.82. The Kier molecular flexibility index (Phi) is 10.9. The van der Waals surface area contributed by atoms with Crippen LogP contribution in [-0.4, -0.2) is 62.1 Å². The lowest BCUT2D eigenvalue weighted by molar-refractivity contribution is 0.443. The van der Waals surface area contributed by atoms with Crippen molar-refractivity contribution in [1.29, 1.82) is 0 Å². The summed E-state index contributed by atoms with van der Waals surface area (Å²) in [7, 11) is -3.24. The van der Waals surface area contributed by atoms with Gasteiger partial charge in [0.15, 0.2) is 5.96 Å². The maximum Gasteiger partial charge on any atom is 0.215 e. The van der Waals surface area contributed by atoms with Crippen LogP contribution in [0.2, 0.25) is 0 Å². The number of nitrogens with one attached hydrogen (secondary N) is 2. The number of rotatable bonds is 7. The van der Waals surface area contributed by atoms with Gasteiger partial charge in [-0.15, -0.1) is 24.0 Å². The van der Waals surface area contributed by atoms with Crippen LogP contribution in [0.3, 0.4) is 0 Å². The zero-order valence-electron chi connectivity index (χ0n) is 15.7. The first-order valence-electron chi connectivity index (χ1n) is 8.75. The number of sulfonamides is 1. The summed E-state index contributed by atoms with van der Waals surface area (Å²) >= 11 is 1.78. The average molecular weight is 530 g/mol. The van der Waals surface area contributed by atoms with Gasteiger partial charge in [0.2, 0.25) is 10.0 Å². The van der Waals surface area contributed by atoms with Gasteiger partial charge in [-0.05, 0) is 31.0 Å². The van der Waals surface area contributed by atoms with E-state index in [9.17, 15) is 12.8 Å². The number of hydrogen-bond donors (Lipinski definition) is 2. The molecular formula is C17H28FIN4O2S2. The van der Waals surface area contributed by atoms with E-state index < -0.39 is 10.0 Å². The van der Waals surface area contributed by atoms with Gasteiger partial charge in [0.05, 0.1) is 12.3 Å². The highest BCUT2D eigenvalue weighted by molar-refractivity contribution is 14.0. The van der Waals surface area contributed by atoms with Gasteiger partial charge in [-0.25, -0.2) is 22.1 Å². The minimum atomic E-state index is -3.24. The summed E-state index contributed by atoms with van der Waals surface area (Å²) in [5, 5.41) is 6.16. The molecule has 1 aliphatic heterocycles. The molecule has 154 valence electrons. The summed E-state index contributed by atoms with van der Waals surface area (Å²) in [6.45, 7) is 6.20. The number of aryl methyl sites for hydroxylation is 1. The molecule has 1 aromatic carbocycles. The Balaban J connectivity index is 0.00000364. The third kappa shape index (κ3) is 8.12. The van der Waals surface area contributed by atoms with Gasteiger partial charge in [0, 0.05) is 37.7 Å². The Morgan fingerprint density at radius 3 is 2.63 bits per heavy atom. The van der Waals surface area contributed by atoms with Crippen LogP contribution in [0.25, 0.3) is 0 Å². The second-order valence-electron chi connectivity index (χ2n) is 6.03. The molecule has 1 saturated heterocycles. The molecular weight excluding hydrogens is 502 g/mol. The molecule has 2 N–H and O–H groups in total. The van der Waals surface area contributed by atoms with E-state index in [0.717, 1.165) is 17.1 Å². The monoisotopic (exact) mass is 530 g/mol. The van der Waals surface area contributed by atoms with E-state index in [1.807, 2.05) is 6.92 Å². The van der Waals surface area contributed by atoms with Gasteiger partial charge >= 0.3 is 0 Å². The minimum Gasteiger partial charge on any atom is -0.357 e. The van der Waals surface area contributed by atoms with E-state index in [4.69, 9.17) is 0 Å². The number of guanidine groups is 1. The fraction of sp³-hybridized carbons (Fsp3) is 0.588. The number of thioether (sulfide) groups is 1. The van der Waals surface area contributed by atoms with E-state index in [1.54, 1.807) is 35.1 Å². The van der Waals surface area contributed by atoms with Crippen LogP contribution in [-0.2, 0) is 16.6 Å². The van der Waals surface area contributed by atoms with E-state index in [0.29, 0.717) is 44.2 Å². The Hall–Kier alpha value is -0.590. The van der Waals surface area contributed by atoms with Gasteiger partial charge < -0.3 is 10.6 Å². The first-order chi connectivity index (χ1) is 12.4. The number of nitrogens with zero attached hydrogens (tertiary/aromatic N) is 2. The average Bonchev–Trinajstić information content (AvgIpc) is 2.63. The Labute approximate surface area is 182 Å². The van der Waals surface area contributed by atoms with E-state index in [-0.39, 0.29) is 35.5 Å². The number of aliphatic imine (C=N–C) groups is 1. The van der Waals surface area contributed by atoms with E-state index in [2.05, 4.69) is 15.6 Å². The van der Waals surface area contributed by atoms with Crippen LogP contribution in [0.1, 0.15) is 18.1 Å². The van der Waals surface area contributed by atoms with Gasteiger partial charge in [-0.3, -0.25) is 0 Å². The molecule has 0 amide bonds. The Bertz CT molecular complexity index is 726. The summed E-state index contributed by atoms with van der Waals surface area (Å²) in [4.78, 5) is 4.45. The van der Waals surface area contributed by atoms with Crippen molar-refractivity contribution >= 4 is 51.7 Å². The molecule has 0 spiro atoms. The normalized spacial score (nSPS) is 15.9. The molecule has 0 atom stereocenters. The summed E-state index contributed by atoms with van der Waals surface area (Å²) in [5.41, 5.74) is 1.49. The van der Waals surface area contributed by atoms with Crippen molar-refractivity contribution in [2.24, 2.45) is 4.99 Å². The zero-order chi connectivity index (χ0) is 19.0. The van der Waals surface area contributed by atoms with Crippen LogP contribution in [0, 0.1) is 12.7 Å². The molecule has 2 rings (SSSR count). The maximum absolute atomic E-state index is 13.3. The van der Waals surface area contributed by atoms with Crippen molar-refractivity contribution < 1.29 is 12.8 Å². The molecule has 0 radical (unpaired) electrons. The van der Waals surface area contributed by atoms with Crippen molar-refractivity contribution in [3.05, 3.63) is 35.1 Å². The molecule has 0 bridgehead atoms. The fourth-order valence-electron chi connectivity index (χ4n) is 2.57. The number of benzene rings is 1. The van der Waals surface area contributed by atoms with Crippen LogP contribution in [0.15, 0.2) is 23.2 Å². The van der Waals surface area contributed by atoms with Gasteiger partial charge in [0.1, 0.15) is 5.82 Å². The van der Waals surface area contributed by atoms with Crippen LogP contribution in [0.5, 0.6) is 0 Å². The molecule has 27 heavy (non-hydrogen) atoms. The Morgan fingerprint density at radius 1 is 1.30 bits per heavy atom. The van der Waals surface area contributed by atoms with Crippen molar-refractivity contribution in [2.45, 2.75) is 20.4 Å². The summed E-state index contributed by atoms with van der Waals surface area (Å²) in [6, 6.07) is 4.90. The summed E-state index contributed by atoms with van der Waals surface area (Å²) in [6.07, 6.45) is 0. The minimum absolute atomic E-state index is 0. The predicted octanol–water partition coefficient (Wildman–Crippen LogP) is 2.19. The lowest BCUT2D eigenvalue weighted by atomic mass is 10.1. The van der Waals surface area contributed by atoms with Crippen LogP contribution < -0.4 is 10.6 Å². The van der Waals surface area contributed by atoms with Gasteiger partial charge in [-0.1, -0.05) is 12.1 Å². The standard InChI is InChI=1S/C17H27FN4O2S2.HI/c1-3-19-17(21-13-15-4-5-16(18)14(2)12-15)20-6-11-26(23,24)22-7-9-25-10-8-22;/h4-5,12H,3,6-11,13H2,1-2H3,(H2,19,20,21);1H.